The molecule has 188 valence electrons. The fraction of sp³-hybridized carbons (Fsp3) is 0.182. The van der Waals surface area contributed by atoms with Gasteiger partial charge in [0.25, 0.3) is 11.4 Å². The monoisotopic (exact) mass is 496 g/mol. The molecule has 6 N–H and O–H groups in total. The molecule has 0 atom stereocenters. The van der Waals surface area contributed by atoms with Crippen molar-refractivity contribution in [1.82, 2.24) is 15.4 Å². The maximum absolute atomic E-state index is 10.5. The van der Waals surface area contributed by atoms with Crippen LogP contribution < -0.4 is 26.3 Å². The third-order valence-electron chi connectivity index (χ3n) is 5.23. The molecule has 4 aromatic rings. The van der Waals surface area contributed by atoms with E-state index < -0.39 is 9.85 Å². The molecule has 0 aliphatic heterocycles. The highest BCUT2D eigenvalue weighted by Crippen LogP contribution is 2.29. The van der Waals surface area contributed by atoms with E-state index in [1.165, 1.54) is 6.92 Å². The Kier molecular flexibility index (Phi) is 7.69. The van der Waals surface area contributed by atoms with Gasteiger partial charge in [-0.05, 0) is 36.8 Å². The van der Waals surface area contributed by atoms with Crippen LogP contribution >= 0.6 is 0 Å². The topological polar surface area (TPSA) is 210 Å². The number of hydrogen-bond donors (Lipinski definition) is 4. The van der Waals surface area contributed by atoms with Crippen LogP contribution in [0.15, 0.2) is 42.5 Å². The molecule has 3 aromatic carbocycles. The van der Waals surface area contributed by atoms with Gasteiger partial charge in [-0.15, -0.1) is 0 Å². The first-order valence-corrected chi connectivity index (χ1v) is 10.4. The molecule has 0 bridgehead atoms. The Morgan fingerprint density at radius 3 is 2.22 bits per heavy atom. The number of non-ortho nitro benzene ring substituents is 1. The Morgan fingerprint density at radius 1 is 0.972 bits per heavy atom. The summed E-state index contributed by atoms with van der Waals surface area (Å²) in [7, 11) is 3.25. The molecular formula is C22H24N8O6. The van der Waals surface area contributed by atoms with E-state index in [0.29, 0.717) is 17.7 Å². The predicted octanol–water partition coefficient (Wildman–Crippen LogP) is 3.56. The molecule has 0 saturated heterocycles. The number of methoxy groups -OCH3 is 2. The third kappa shape index (κ3) is 5.67. The zero-order valence-electron chi connectivity index (χ0n) is 19.6. The Bertz CT molecular complexity index is 1400. The number of aromatic amines is 1. The molecule has 14 heteroatoms. The van der Waals surface area contributed by atoms with Gasteiger partial charge >= 0.3 is 0 Å². The Hall–Kier alpha value is -5.14. The van der Waals surface area contributed by atoms with Gasteiger partial charge in [0.15, 0.2) is 0 Å². The summed E-state index contributed by atoms with van der Waals surface area (Å²) in [4.78, 5) is 19.4. The van der Waals surface area contributed by atoms with Crippen molar-refractivity contribution in [2.75, 3.05) is 31.0 Å². The molecule has 0 radical (unpaired) electrons. The first-order valence-electron chi connectivity index (χ1n) is 10.4. The second-order valence-corrected chi connectivity index (χ2v) is 7.49. The second kappa shape index (κ2) is 10.9. The Balaban J connectivity index is 0.000000223. The lowest BCUT2D eigenvalue weighted by Crippen LogP contribution is -2.03. The number of aromatic nitrogens is 3. The molecule has 4 rings (SSSR count). The van der Waals surface area contributed by atoms with Crippen LogP contribution in [-0.4, -0.2) is 39.5 Å². The molecule has 0 spiro atoms. The summed E-state index contributed by atoms with van der Waals surface area (Å²) in [6.45, 7) is 2.03. The molecule has 0 unspecified atom stereocenters. The van der Waals surface area contributed by atoms with E-state index in [-0.39, 0.29) is 22.6 Å². The van der Waals surface area contributed by atoms with Gasteiger partial charge in [0.1, 0.15) is 22.5 Å². The van der Waals surface area contributed by atoms with Gasteiger partial charge in [-0.25, -0.2) is 0 Å². The number of nitrogens with zero attached hydrogens (tertiary/aromatic N) is 4. The number of hydrogen-bond acceptors (Lipinski definition) is 11. The van der Waals surface area contributed by atoms with Crippen molar-refractivity contribution in [3.63, 3.8) is 0 Å². The van der Waals surface area contributed by atoms with Crippen LogP contribution in [0.1, 0.15) is 11.1 Å². The van der Waals surface area contributed by atoms with Gasteiger partial charge in [-0.2, -0.15) is 15.4 Å². The average Bonchev–Trinajstić information content (AvgIpc) is 3.35. The Labute approximate surface area is 204 Å². The molecule has 14 nitrogen and oxygen atoms in total. The normalized spacial score (nSPS) is 10.3. The fourth-order valence-corrected chi connectivity index (χ4v) is 3.25. The van der Waals surface area contributed by atoms with Crippen LogP contribution in [0.25, 0.3) is 11.0 Å². The van der Waals surface area contributed by atoms with Gasteiger partial charge in [-0.3, -0.25) is 20.2 Å². The largest absolute Gasteiger partial charge is 0.497 e. The number of nitro benzene ring substituents is 2. The van der Waals surface area contributed by atoms with E-state index >= 15 is 0 Å². The fourth-order valence-electron chi connectivity index (χ4n) is 3.25. The van der Waals surface area contributed by atoms with Crippen LogP contribution in [0.5, 0.6) is 11.5 Å². The van der Waals surface area contributed by atoms with Crippen LogP contribution in [-0.2, 0) is 6.54 Å². The molecule has 1 aromatic heterocycles. The number of nitrogens with one attached hydrogen (secondary N) is 2. The predicted molar refractivity (Wildman–Crippen MR) is 134 cm³/mol. The zero-order valence-corrected chi connectivity index (χ0v) is 19.6. The number of nitro groups is 2. The highest BCUT2D eigenvalue weighted by molar-refractivity contribution is 5.93. The van der Waals surface area contributed by atoms with E-state index in [4.69, 9.17) is 20.9 Å². The minimum Gasteiger partial charge on any atom is -0.497 e. The number of benzene rings is 3. The van der Waals surface area contributed by atoms with Crippen LogP contribution in [0, 0.1) is 27.2 Å². The highest BCUT2D eigenvalue weighted by Gasteiger charge is 2.19. The number of fused-ring (bicyclic) bond motifs is 1. The lowest BCUT2D eigenvalue weighted by molar-refractivity contribution is -0.394. The minimum atomic E-state index is -0.719. The first kappa shape index (κ1) is 25.5. The number of rotatable bonds is 7. The van der Waals surface area contributed by atoms with Crippen molar-refractivity contribution in [2.45, 2.75) is 13.5 Å². The molecule has 36 heavy (non-hydrogen) atoms. The van der Waals surface area contributed by atoms with Crippen molar-refractivity contribution in [3.05, 3.63) is 73.8 Å². The van der Waals surface area contributed by atoms with Crippen molar-refractivity contribution in [2.24, 2.45) is 0 Å². The van der Waals surface area contributed by atoms with Crippen LogP contribution in [0.4, 0.5) is 28.4 Å². The standard InChI is InChI=1S/C15H17N5O2.C7H7N3O4/c1-21-10-5-9(6-11(7-10)22-2)8-17-12-3-4-13-15(14(12)16)19-20-18-13;1-4-6(8)2-5(9(11)12)3-7(4)10(13)14/h3-7,17H,8,16H2,1-2H3,(H,18,19,20);2-3H,8H2,1H3. The maximum Gasteiger partial charge on any atom is 0.281 e. The number of ether oxygens (including phenoxy) is 2. The van der Waals surface area contributed by atoms with Crippen molar-refractivity contribution in [1.29, 1.82) is 0 Å². The van der Waals surface area contributed by atoms with Crippen LogP contribution in [0.3, 0.4) is 0 Å². The Morgan fingerprint density at radius 2 is 1.64 bits per heavy atom. The van der Waals surface area contributed by atoms with E-state index in [0.717, 1.165) is 40.4 Å². The lowest BCUT2D eigenvalue weighted by atomic mass is 10.1. The first-order chi connectivity index (χ1) is 17.1. The van der Waals surface area contributed by atoms with Gasteiger partial charge in [0, 0.05) is 24.4 Å². The van der Waals surface area contributed by atoms with Gasteiger partial charge in [-0.1, -0.05) is 0 Å². The number of H-pyrrole nitrogens is 1. The molecule has 0 aliphatic rings. The quantitative estimate of drug-likeness (QED) is 0.165. The van der Waals surface area contributed by atoms with E-state index in [9.17, 15) is 20.2 Å². The summed E-state index contributed by atoms with van der Waals surface area (Å²) >= 11 is 0. The zero-order chi connectivity index (χ0) is 26.4. The van der Waals surface area contributed by atoms with Gasteiger partial charge in [0.05, 0.1) is 47.1 Å². The number of anilines is 3. The molecule has 0 amide bonds. The van der Waals surface area contributed by atoms with Crippen molar-refractivity contribution < 1.29 is 19.3 Å². The van der Waals surface area contributed by atoms with Crippen molar-refractivity contribution in [3.8, 4) is 11.5 Å². The summed E-state index contributed by atoms with van der Waals surface area (Å²) in [5.41, 5.74) is 14.9. The van der Waals surface area contributed by atoms with E-state index in [1.54, 1.807) is 14.2 Å². The summed E-state index contributed by atoms with van der Waals surface area (Å²) in [5.74, 6) is 1.49. The summed E-state index contributed by atoms with van der Waals surface area (Å²) in [6.07, 6.45) is 0. The molecule has 1 heterocycles. The highest BCUT2D eigenvalue weighted by atomic mass is 16.6. The summed E-state index contributed by atoms with van der Waals surface area (Å²) < 4.78 is 10.5. The lowest BCUT2D eigenvalue weighted by Gasteiger charge is -2.12. The SMILES string of the molecule is COc1cc(CNc2ccc3n[nH]nc3c2N)cc(OC)c1.Cc1c(N)cc([N+](=O)[O-])cc1[N+](=O)[O-]. The molecular weight excluding hydrogens is 472 g/mol. The van der Waals surface area contributed by atoms with Crippen molar-refractivity contribution >= 4 is 39.5 Å². The third-order valence-corrected chi connectivity index (χ3v) is 5.23. The molecule has 0 saturated carbocycles. The molecule has 0 fully saturated rings. The second-order valence-electron chi connectivity index (χ2n) is 7.49. The number of nitrogens with two attached hydrogens (primary N) is 2. The van der Waals surface area contributed by atoms with Crippen LogP contribution in [0.2, 0.25) is 0 Å². The minimum absolute atomic E-state index is 0.0471. The van der Waals surface area contributed by atoms with Gasteiger partial charge < -0.3 is 26.3 Å². The maximum atomic E-state index is 10.5. The molecule has 0 aliphatic carbocycles. The summed E-state index contributed by atoms with van der Waals surface area (Å²) in [6, 6.07) is 11.5. The summed E-state index contributed by atoms with van der Waals surface area (Å²) in [5, 5.41) is 34.8. The average molecular weight is 496 g/mol. The smallest absolute Gasteiger partial charge is 0.281 e. The van der Waals surface area contributed by atoms with E-state index in [2.05, 4.69) is 20.7 Å². The van der Waals surface area contributed by atoms with Gasteiger partial charge in [0.2, 0.25) is 0 Å². The number of nitrogen functional groups attached to an aromatic ring is 2. The van der Waals surface area contributed by atoms with E-state index in [1.807, 2.05) is 30.3 Å².